The van der Waals surface area contributed by atoms with Gasteiger partial charge in [0.1, 0.15) is 0 Å². The van der Waals surface area contributed by atoms with E-state index in [0.29, 0.717) is 19.4 Å². The monoisotopic (exact) mass is 235 g/mol. The number of amides is 1. The molecule has 0 aromatic heterocycles. The van der Waals surface area contributed by atoms with Crippen molar-refractivity contribution in [1.82, 2.24) is 5.32 Å². The minimum atomic E-state index is 0.0894. The van der Waals surface area contributed by atoms with Crippen LogP contribution in [0.15, 0.2) is 30.3 Å². The lowest BCUT2D eigenvalue weighted by atomic mass is 10.1. The fourth-order valence-electron chi connectivity index (χ4n) is 1.65. The van der Waals surface area contributed by atoms with Crippen molar-refractivity contribution >= 4 is 5.91 Å². The van der Waals surface area contributed by atoms with Crippen molar-refractivity contribution in [1.29, 1.82) is 0 Å². The summed E-state index contributed by atoms with van der Waals surface area (Å²) in [6.07, 6.45) is 4.20. The predicted octanol–water partition coefficient (Wildman–Crippen LogP) is 1.90. The summed E-state index contributed by atoms with van der Waals surface area (Å²) < 4.78 is 0. The largest absolute Gasteiger partial charge is 0.396 e. The molecule has 0 unspecified atom stereocenters. The summed E-state index contributed by atoms with van der Waals surface area (Å²) in [7, 11) is 0. The Balaban J connectivity index is 2.02. The first kappa shape index (κ1) is 13.7. The Morgan fingerprint density at radius 2 is 1.88 bits per heavy atom. The van der Waals surface area contributed by atoms with Crippen LogP contribution in [-0.4, -0.2) is 24.2 Å². The van der Waals surface area contributed by atoms with Gasteiger partial charge in [-0.3, -0.25) is 4.79 Å². The Morgan fingerprint density at radius 1 is 1.12 bits per heavy atom. The van der Waals surface area contributed by atoms with Crippen molar-refractivity contribution in [3.63, 3.8) is 0 Å². The summed E-state index contributed by atoms with van der Waals surface area (Å²) in [4.78, 5) is 11.3. The van der Waals surface area contributed by atoms with Gasteiger partial charge in [0.15, 0.2) is 0 Å². The van der Waals surface area contributed by atoms with E-state index in [2.05, 4.69) is 17.4 Å². The number of aliphatic hydroxyl groups is 1. The molecule has 0 bridgehead atoms. The molecule has 1 rings (SSSR count). The number of hydrogen-bond acceptors (Lipinski definition) is 2. The van der Waals surface area contributed by atoms with Crippen LogP contribution in [0.5, 0.6) is 0 Å². The minimum Gasteiger partial charge on any atom is -0.396 e. The third kappa shape index (κ3) is 6.74. The second-order valence-corrected chi connectivity index (χ2v) is 4.12. The quantitative estimate of drug-likeness (QED) is 0.676. The fourth-order valence-corrected chi connectivity index (χ4v) is 1.65. The highest BCUT2D eigenvalue weighted by Crippen LogP contribution is 2.05. The Bertz CT molecular complexity index is 311. The molecule has 0 saturated heterocycles. The molecule has 3 heteroatoms. The van der Waals surface area contributed by atoms with E-state index in [4.69, 9.17) is 5.11 Å². The summed E-state index contributed by atoms with van der Waals surface area (Å²) in [6, 6.07) is 10.3. The van der Waals surface area contributed by atoms with Crippen LogP contribution >= 0.6 is 0 Å². The van der Waals surface area contributed by atoms with E-state index in [1.54, 1.807) is 0 Å². The van der Waals surface area contributed by atoms with Gasteiger partial charge < -0.3 is 10.4 Å². The van der Waals surface area contributed by atoms with Gasteiger partial charge in [-0.15, -0.1) is 0 Å². The molecule has 0 aliphatic rings. The van der Waals surface area contributed by atoms with Gasteiger partial charge in [0.2, 0.25) is 5.91 Å². The van der Waals surface area contributed by atoms with E-state index in [9.17, 15) is 4.79 Å². The van der Waals surface area contributed by atoms with Crippen LogP contribution in [0.25, 0.3) is 0 Å². The summed E-state index contributed by atoms with van der Waals surface area (Å²) in [5.41, 5.74) is 1.33. The van der Waals surface area contributed by atoms with E-state index in [0.717, 1.165) is 19.3 Å². The van der Waals surface area contributed by atoms with Gasteiger partial charge >= 0.3 is 0 Å². The highest BCUT2D eigenvalue weighted by molar-refractivity contribution is 5.75. The number of carbonyl (C=O) groups is 1. The molecular weight excluding hydrogens is 214 g/mol. The third-order valence-electron chi connectivity index (χ3n) is 2.62. The molecular formula is C14H21NO2. The molecule has 94 valence electrons. The van der Waals surface area contributed by atoms with Gasteiger partial charge in [-0.25, -0.2) is 0 Å². The molecule has 2 N–H and O–H groups in total. The Labute approximate surface area is 103 Å². The molecule has 0 spiro atoms. The molecule has 0 saturated carbocycles. The van der Waals surface area contributed by atoms with Gasteiger partial charge in [0, 0.05) is 19.6 Å². The fraction of sp³-hybridized carbons (Fsp3) is 0.500. The second-order valence-electron chi connectivity index (χ2n) is 4.12. The summed E-state index contributed by atoms with van der Waals surface area (Å²) >= 11 is 0. The summed E-state index contributed by atoms with van der Waals surface area (Å²) in [5.74, 6) is 0.0894. The zero-order chi connectivity index (χ0) is 12.3. The van der Waals surface area contributed by atoms with Crippen LogP contribution in [-0.2, 0) is 11.2 Å². The number of unbranched alkanes of at least 4 members (excludes halogenated alkanes) is 1. The zero-order valence-electron chi connectivity index (χ0n) is 10.2. The van der Waals surface area contributed by atoms with Crippen molar-refractivity contribution in [3.8, 4) is 0 Å². The van der Waals surface area contributed by atoms with Crippen molar-refractivity contribution in [2.45, 2.75) is 32.1 Å². The molecule has 1 aromatic carbocycles. The highest BCUT2D eigenvalue weighted by Gasteiger charge is 2.00. The van der Waals surface area contributed by atoms with E-state index in [1.807, 2.05) is 18.2 Å². The van der Waals surface area contributed by atoms with E-state index >= 15 is 0 Å². The van der Waals surface area contributed by atoms with Gasteiger partial charge in [0.25, 0.3) is 0 Å². The van der Waals surface area contributed by atoms with E-state index in [1.165, 1.54) is 5.56 Å². The standard InChI is InChI=1S/C14H21NO2/c16-12-6-11-15-14(17)10-5-4-9-13-7-2-1-3-8-13/h1-3,7-8,16H,4-6,9-12H2,(H,15,17). The van der Waals surface area contributed by atoms with Crippen molar-refractivity contribution < 1.29 is 9.90 Å². The zero-order valence-corrected chi connectivity index (χ0v) is 10.2. The van der Waals surface area contributed by atoms with Gasteiger partial charge in [-0.2, -0.15) is 0 Å². The molecule has 17 heavy (non-hydrogen) atoms. The topological polar surface area (TPSA) is 49.3 Å². The maximum atomic E-state index is 11.3. The second kappa shape index (κ2) is 8.76. The van der Waals surface area contributed by atoms with E-state index in [-0.39, 0.29) is 12.5 Å². The molecule has 0 aliphatic heterocycles. The van der Waals surface area contributed by atoms with Crippen molar-refractivity contribution in [2.24, 2.45) is 0 Å². The number of aliphatic hydroxyl groups excluding tert-OH is 1. The average molecular weight is 235 g/mol. The number of hydrogen-bond donors (Lipinski definition) is 2. The predicted molar refractivity (Wildman–Crippen MR) is 68.7 cm³/mol. The molecule has 1 amide bonds. The van der Waals surface area contributed by atoms with Gasteiger partial charge in [-0.1, -0.05) is 30.3 Å². The lowest BCUT2D eigenvalue weighted by Crippen LogP contribution is -2.24. The first-order valence-electron chi connectivity index (χ1n) is 6.24. The minimum absolute atomic E-state index is 0.0894. The Kier molecular flexibility index (Phi) is 7.07. The maximum Gasteiger partial charge on any atom is 0.219 e. The van der Waals surface area contributed by atoms with Crippen LogP contribution in [0.3, 0.4) is 0 Å². The van der Waals surface area contributed by atoms with Crippen LogP contribution in [0.4, 0.5) is 0 Å². The first-order valence-corrected chi connectivity index (χ1v) is 6.24. The highest BCUT2D eigenvalue weighted by atomic mass is 16.3. The third-order valence-corrected chi connectivity index (χ3v) is 2.62. The Morgan fingerprint density at radius 3 is 2.59 bits per heavy atom. The van der Waals surface area contributed by atoms with Crippen LogP contribution in [0.2, 0.25) is 0 Å². The van der Waals surface area contributed by atoms with Gasteiger partial charge in [-0.05, 0) is 31.2 Å². The van der Waals surface area contributed by atoms with E-state index < -0.39 is 0 Å². The number of nitrogens with one attached hydrogen (secondary N) is 1. The number of aryl methyl sites for hydroxylation is 1. The molecule has 3 nitrogen and oxygen atoms in total. The lowest BCUT2D eigenvalue weighted by molar-refractivity contribution is -0.121. The number of carbonyl (C=O) groups excluding carboxylic acids is 1. The van der Waals surface area contributed by atoms with Crippen LogP contribution in [0.1, 0.15) is 31.2 Å². The summed E-state index contributed by atoms with van der Waals surface area (Å²) in [5, 5.41) is 11.4. The average Bonchev–Trinajstić information content (AvgIpc) is 2.36. The molecule has 0 aliphatic carbocycles. The molecule has 0 radical (unpaired) electrons. The normalized spacial score (nSPS) is 10.2. The number of benzene rings is 1. The van der Waals surface area contributed by atoms with Crippen LogP contribution < -0.4 is 5.32 Å². The lowest BCUT2D eigenvalue weighted by Gasteiger charge is -2.04. The molecule has 0 atom stereocenters. The maximum absolute atomic E-state index is 11.3. The van der Waals surface area contributed by atoms with Crippen molar-refractivity contribution in [2.75, 3.05) is 13.2 Å². The SMILES string of the molecule is O=C(CCCCc1ccccc1)NCCCO. The van der Waals surface area contributed by atoms with Crippen molar-refractivity contribution in [3.05, 3.63) is 35.9 Å². The summed E-state index contributed by atoms with van der Waals surface area (Å²) in [6.45, 7) is 0.711. The van der Waals surface area contributed by atoms with Gasteiger partial charge in [0.05, 0.1) is 0 Å². The number of rotatable bonds is 8. The molecule has 1 aromatic rings. The van der Waals surface area contributed by atoms with Crippen LogP contribution in [0, 0.1) is 0 Å². The Hall–Kier alpha value is -1.35. The molecule has 0 fully saturated rings. The smallest absolute Gasteiger partial charge is 0.219 e. The first-order chi connectivity index (χ1) is 8.33. The molecule has 0 heterocycles.